The summed E-state index contributed by atoms with van der Waals surface area (Å²) in [6.07, 6.45) is 2.80. The molecule has 1 aliphatic heterocycles. The average Bonchev–Trinajstić information content (AvgIpc) is 3.31. The number of carbonyl (C=O) groups excluding carboxylic acids is 2. The summed E-state index contributed by atoms with van der Waals surface area (Å²) in [4.78, 5) is 26.7. The van der Waals surface area contributed by atoms with E-state index in [1.807, 2.05) is 47.4 Å². The van der Waals surface area contributed by atoms with Gasteiger partial charge in [-0.15, -0.1) is 0 Å². The quantitative estimate of drug-likeness (QED) is 0.528. The number of urea groups is 1. The standard InChI is InChI=1S/C26H28FN3O3/c27-21-9-4-10-22(16-21)29-26(32)28-17-19-6-5-15-30(18-19)25(31)14-12-23-11-13-24(33-23)20-7-2-1-3-8-20/h1-4,7-11,13,16,19H,5-6,12,14-15,17-18H2,(H2,28,29,32). The van der Waals surface area contributed by atoms with Crippen molar-refractivity contribution < 1.29 is 18.4 Å². The topological polar surface area (TPSA) is 74.6 Å². The third kappa shape index (κ3) is 6.44. The molecule has 2 heterocycles. The molecule has 2 N–H and O–H groups in total. The Balaban J connectivity index is 1.21. The van der Waals surface area contributed by atoms with Gasteiger partial charge in [-0.3, -0.25) is 4.79 Å². The van der Waals surface area contributed by atoms with Crippen LogP contribution in [-0.2, 0) is 11.2 Å². The van der Waals surface area contributed by atoms with Crippen LogP contribution in [0.3, 0.4) is 0 Å². The van der Waals surface area contributed by atoms with Crippen LogP contribution < -0.4 is 10.6 Å². The molecule has 1 aromatic heterocycles. The van der Waals surface area contributed by atoms with E-state index in [0.29, 0.717) is 31.6 Å². The van der Waals surface area contributed by atoms with E-state index in [4.69, 9.17) is 4.42 Å². The van der Waals surface area contributed by atoms with Crippen LogP contribution in [0.25, 0.3) is 11.3 Å². The molecule has 1 atom stereocenters. The van der Waals surface area contributed by atoms with Crippen LogP contribution in [0, 0.1) is 11.7 Å². The fraction of sp³-hybridized carbons (Fsp3) is 0.308. The molecule has 1 saturated heterocycles. The summed E-state index contributed by atoms with van der Waals surface area (Å²) in [5.41, 5.74) is 1.42. The van der Waals surface area contributed by atoms with Crippen molar-refractivity contribution in [1.29, 1.82) is 0 Å². The minimum Gasteiger partial charge on any atom is -0.461 e. The molecule has 0 saturated carbocycles. The number of likely N-dealkylation sites (tertiary alicyclic amines) is 1. The summed E-state index contributed by atoms with van der Waals surface area (Å²) < 4.78 is 19.1. The van der Waals surface area contributed by atoms with Gasteiger partial charge in [-0.1, -0.05) is 36.4 Å². The minimum absolute atomic E-state index is 0.0987. The summed E-state index contributed by atoms with van der Waals surface area (Å²) in [5.74, 6) is 1.49. The second-order valence-corrected chi connectivity index (χ2v) is 8.33. The average molecular weight is 450 g/mol. The number of piperidine rings is 1. The Kier molecular flexibility index (Phi) is 7.40. The Morgan fingerprint density at radius 1 is 1.06 bits per heavy atom. The lowest BCUT2D eigenvalue weighted by molar-refractivity contribution is -0.133. The summed E-state index contributed by atoms with van der Waals surface area (Å²) in [5, 5.41) is 5.46. The zero-order valence-corrected chi connectivity index (χ0v) is 18.4. The number of aryl methyl sites for hydroxylation is 1. The van der Waals surface area contributed by atoms with Gasteiger partial charge in [0.25, 0.3) is 0 Å². The van der Waals surface area contributed by atoms with E-state index in [1.54, 1.807) is 12.1 Å². The highest BCUT2D eigenvalue weighted by atomic mass is 19.1. The van der Waals surface area contributed by atoms with Crippen molar-refractivity contribution in [1.82, 2.24) is 10.2 Å². The molecule has 4 rings (SSSR count). The van der Waals surface area contributed by atoms with E-state index in [1.165, 1.54) is 12.1 Å². The van der Waals surface area contributed by atoms with Crippen LogP contribution >= 0.6 is 0 Å². The van der Waals surface area contributed by atoms with E-state index in [-0.39, 0.29) is 17.9 Å². The molecule has 3 aromatic rings. The summed E-state index contributed by atoms with van der Waals surface area (Å²) in [6.45, 7) is 1.81. The Morgan fingerprint density at radius 3 is 2.73 bits per heavy atom. The van der Waals surface area contributed by atoms with E-state index in [2.05, 4.69) is 10.6 Å². The van der Waals surface area contributed by atoms with Crippen molar-refractivity contribution in [3.63, 3.8) is 0 Å². The Hall–Kier alpha value is -3.61. The van der Waals surface area contributed by atoms with Crippen molar-refractivity contribution in [3.05, 3.63) is 78.3 Å². The van der Waals surface area contributed by atoms with Gasteiger partial charge in [0.2, 0.25) is 5.91 Å². The van der Waals surface area contributed by atoms with E-state index in [0.717, 1.165) is 36.5 Å². The summed E-state index contributed by atoms with van der Waals surface area (Å²) in [6, 6.07) is 19.1. The number of amides is 3. The van der Waals surface area contributed by atoms with Crippen LogP contribution in [0.4, 0.5) is 14.9 Å². The maximum absolute atomic E-state index is 13.2. The van der Waals surface area contributed by atoms with Gasteiger partial charge in [-0.05, 0) is 49.1 Å². The van der Waals surface area contributed by atoms with Crippen molar-refractivity contribution in [2.45, 2.75) is 25.7 Å². The number of carbonyl (C=O) groups is 2. The molecule has 7 heteroatoms. The second kappa shape index (κ2) is 10.8. The Morgan fingerprint density at radius 2 is 1.91 bits per heavy atom. The first-order chi connectivity index (χ1) is 16.1. The molecular weight excluding hydrogens is 421 g/mol. The number of rotatable bonds is 7. The van der Waals surface area contributed by atoms with E-state index >= 15 is 0 Å². The lowest BCUT2D eigenvalue weighted by atomic mass is 9.97. The summed E-state index contributed by atoms with van der Waals surface area (Å²) in [7, 11) is 0. The molecule has 2 aromatic carbocycles. The first-order valence-electron chi connectivity index (χ1n) is 11.3. The van der Waals surface area contributed by atoms with Gasteiger partial charge >= 0.3 is 6.03 Å². The van der Waals surface area contributed by atoms with Crippen molar-refractivity contribution in [3.8, 4) is 11.3 Å². The second-order valence-electron chi connectivity index (χ2n) is 8.33. The van der Waals surface area contributed by atoms with Crippen molar-refractivity contribution in [2.24, 2.45) is 5.92 Å². The third-order valence-electron chi connectivity index (χ3n) is 5.81. The van der Waals surface area contributed by atoms with Gasteiger partial charge < -0.3 is 20.0 Å². The molecule has 0 radical (unpaired) electrons. The minimum atomic E-state index is -0.403. The maximum atomic E-state index is 13.2. The number of nitrogens with one attached hydrogen (secondary N) is 2. The molecule has 0 spiro atoms. The van der Waals surface area contributed by atoms with Gasteiger partial charge in [0, 0.05) is 43.7 Å². The van der Waals surface area contributed by atoms with Crippen molar-refractivity contribution >= 4 is 17.6 Å². The normalized spacial score (nSPS) is 15.8. The van der Waals surface area contributed by atoms with Gasteiger partial charge in [0.05, 0.1) is 0 Å². The van der Waals surface area contributed by atoms with Crippen LogP contribution in [0.1, 0.15) is 25.0 Å². The number of halogens is 1. The van der Waals surface area contributed by atoms with Crippen LogP contribution in [-0.4, -0.2) is 36.5 Å². The van der Waals surface area contributed by atoms with Crippen LogP contribution in [0.5, 0.6) is 0 Å². The lowest BCUT2D eigenvalue weighted by Crippen LogP contribution is -2.44. The smallest absolute Gasteiger partial charge is 0.319 e. The fourth-order valence-electron chi connectivity index (χ4n) is 4.09. The SMILES string of the molecule is O=C(NCC1CCCN(C(=O)CCc2ccc(-c3ccccc3)o2)C1)Nc1cccc(F)c1. The molecule has 0 aliphatic carbocycles. The molecule has 3 amide bonds. The largest absolute Gasteiger partial charge is 0.461 e. The highest BCUT2D eigenvalue weighted by Crippen LogP contribution is 2.23. The molecule has 1 fully saturated rings. The van der Waals surface area contributed by atoms with E-state index < -0.39 is 5.82 Å². The molecule has 33 heavy (non-hydrogen) atoms. The molecule has 0 bridgehead atoms. The fourth-order valence-corrected chi connectivity index (χ4v) is 4.09. The predicted molar refractivity (Wildman–Crippen MR) is 125 cm³/mol. The van der Waals surface area contributed by atoms with Crippen LogP contribution in [0.2, 0.25) is 0 Å². The number of hydrogen-bond donors (Lipinski definition) is 2. The van der Waals surface area contributed by atoms with Crippen molar-refractivity contribution in [2.75, 3.05) is 25.0 Å². The highest BCUT2D eigenvalue weighted by Gasteiger charge is 2.24. The number of nitrogens with zero attached hydrogens (tertiary/aromatic N) is 1. The maximum Gasteiger partial charge on any atom is 0.319 e. The number of benzene rings is 2. The number of furan rings is 1. The molecule has 172 valence electrons. The zero-order chi connectivity index (χ0) is 23.0. The summed E-state index contributed by atoms with van der Waals surface area (Å²) >= 11 is 0. The number of hydrogen-bond acceptors (Lipinski definition) is 3. The Bertz CT molecular complexity index is 1080. The zero-order valence-electron chi connectivity index (χ0n) is 18.4. The lowest BCUT2D eigenvalue weighted by Gasteiger charge is -2.33. The third-order valence-corrected chi connectivity index (χ3v) is 5.81. The highest BCUT2D eigenvalue weighted by molar-refractivity contribution is 5.89. The molecule has 6 nitrogen and oxygen atoms in total. The van der Waals surface area contributed by atoms with Crippen LogP contribution in [0.15, 0.2) is 71.1 Å². The van der Waals surface area contributed by atoms with Gasteiger partial charge in [0.15, 0.2) is 0 Å². The monoisotopic (exact) mass is 449 g/mol. The first-order valence-corrected chi connectivity index (χ1v) is 11.3. The predicted octanol–water partition coefficient (Wildman–Crippen LogP) is 5.08. The molecule has 1 aliphatic rings. The van der Waals surface area contributed by atoms with Gasteiger partial charge in [0.1, 0.15) is 17.3 Å². The number of anilines is 1. The molecular formula is C26H28FN3O3. The van der Waals surface area contributed by atoms with Gasteiger partial charge in [-0.25, -0.2) is 9.18 Å². The molecule has 1 unspecified atom stereocenters. The Labute approximate surface area is 192 Å². The van der Waals surface area contributed by atoms with Gasteiger partial charge in [-0.2, -0.15) is 0 Å². The van der Waals surface area contributed by atoms with E-state index in [9.17, 15) is 14.0 Å². The first kappa shape index (κ1) is 22.6.